The van der Waals surface area contributed by atoms with Crippen LogP contribution in [0, 0.1) is 0 Å². The fraction of sp³-hybridized carbons (Fsp3) is 0.130. The topological polar surface area (TPSA) is 104 Å². The lowest BCUT2D eigenvalue weighted by Crippen LogP contribution is -2.49. The van der Waals surface area contributed by atoms with Crippen LogP contribution in [0.5, 0.6) is 5.75 Å². The molecular formula is C23H19BrN4O5S. The number of hydrazine groups is 1. The van der Waals surface area contributed by atoms with Crippen molar-refractivity contribution in [2.75, 3.05) is 17.3 Å². The Bertz CT molecular complexity index is 1230. The van der Waals surface area contributed by atoms with E-state index in [1.165, 1.54) is 16.0 Å². The monoisotopic (exact) mass is 542 g/mol. The number of nitrogens with one attached hydrogen (secondary N) is 2. The highest BCUT2D eigenvalue weighted by Crippen LogP contribution is 2.27. The van der Waals surface area contributed by atoms with Gasteiger partial charge in [0.15, 0.2) is 10.4 Å². The van der Waals surface area contributed by atoms with Gasteiger partial charge in [0.2, 0.25) is 11.0 Å². The van der Waals surface area contributed by atoms with Crippen molar-refractivity contribution in [1.29, 1.82) is 0 Å². The molecule has 34 heavy (non-hydrogen) atoms. The van der Waals surface area contributed by atoms with Crippen LogP contribution in [0.15, 0.2) is 75.8 Å². The van der Waals surface area contributed by atoms with Crippen molar-refractivity contribution in [1.82, 2.24) is 10.4 Å². The van der Waals surface area contributed by atoms with Gasteiger partial charge in [-0.15, -0.1) is 0 Å². The first-order chi connectivity index (χ1) is 16.4. The van der Waals surface area contributed by atoms with Crippen molar-refractivity contribution in [2.45, 2.75) is 12.5 Å². The van der Waals surface area contributed by atoms with Gasteiger partial charge in [-0.1, -0.05) is 18.2 Å². The van der Waals surface area contributed by atoms with Crippen molar-refractivity contribution in [3.63, 3.8) is 0 Å². The average molecular weight is 543 g/mol. The maximum atomic E-state index is 13.3. The lowest BCUT2D eigenvalue weighted by Gasteiger charge is -2.23. The van der Waals surface area contributed by atoms with Crippen molar-refractivity contribution >= 4 is 62.4 Å². The number of carbonyl (C=O) groups excluding carboxylic acids is 3. The number of thiocarbonyl (C=S) groups is 1. The second-order valence-corrected chi connectivity index (χ2v) is 8.35. The highest BCUT2D eigenvalue weighted by atomic mass is 79.9. The van der Waals surface area contributed by atoms with Crippen LogP contribution in [-0.2, 0) is 9.59 Å². The summed E-state index contributed by atoms with van der Waals surface area (Å²) in [6.07, 6.45) is -0.254. The molecule has 11 heteroatoms. The molecule has 1 aromatic heterocycles. The normalized spacial score (nSPS) is 15.4. The van der Waals surface area contributed by atoms with Gasteiger partial charge < -0.3 is 14.5 Å². The molecule has 9 nitrogen and oxygen atoms in total. The average Bonchev–Trinajstić information content (AvgIpc) is 3.37. The molecule has 174 valence electrons. The first kappa shape index (κ1) is 23.5. The summed E-state index contributed by atoms with van der Waals surface area (Å²) in [7, 11) is 1.55. The van der Waals surface area contributed by atoms with Gasteiger partial charge in [-0.05, 0) is 76.7 Å². The second kappa shape index (κ2) is 10.1. The Labute approximate surface area is 208 Å². The summed E-state index contributed by atoms with van der Waals surface area (Å²) in [6.45, 7) is 0. The number of amides is 3. The van der Waals surface area contributed by atoms with Gasteiger partial charge in [0.05, 0.1) is 19.2 Å². The Hall–Kier alpha value is -3.70. The third kappa shape index (κ3) is 4.95. The summed E-state index contributed by atoms with van der Waals surface area (Å²) in [5.74, 6) is -0.826. The molecule has 3 amide bonds. The number of para-hydroxylation sites is 1. The minimum absolute atomic E-state index is 0.0155. The molecule has 4 rings (SSSR count). The molecule has 0 bridgehead atoms. The third-order valence-electron chi connectivity index (χ3n) is 5.00. The number of hydrogen-bond donors (Lipinski definition) is 2. The van der Waals surface area contributed by atoms with E-state index < -0.39 is 23.8 Å². The summed E-state index contributed by atoms with van der Waals surface area (Å²) < 4.78 is 10.8. The minimum atomic E-state index is -1.06. The molecule has 0 aliphatic carbocycles. The van der Waals surface area contributed by atoms with Crippen molar-refractivity contribution in [3.8, 4) is 5.75 Å². The quantitative estimate of drug-likeness (QED) is 0.438. The summed E-state index contributed by atoms with van der Waals surface area (Å²) in [5, 5.41) is 4.00. The van der Waals surface area contributed by atoms with E-state index in [-0.39, 0.29) is 17.3 Å². The zero-order chi connectivity index (χ0) is 24.2. The van der Waals surface area contributed by atoms with Crippen LogP contribution in [-0.4, -0.2) is 41.0 Å². The number of ether oxygens (including phenoxy) is 1. The van der Waals surface area contributed by atoms with Crippen molar-refractivity contribution < 1.29 is 23.5 Å². The van der Waals surface area contributed by atoms with Crippen molar-refractivity contribution in [2.24, 2.45) is 0 Å². The molecule has 2 aromatic carbocycles. The first-order valence-corrected chi connectivity index (χ1v) is 11.3. The van der Waals surface area contributed by atoms with Gasteiger partial charge in [-0.25, -0.2) is 5.01 Å². The Kier molecular flexibility index (Phi) is 6.94. The van der Waals surface area contributed by atoms with E-state index in [2.05, 4.69) is 26.7 Å². The van der Waals surface area contributed by atoms with Crippen LogP contribution in [0.4, 0.5) is 11.4 Å². The van der Waals surface area contributed by atoms with Crippen LogP contribution < -0.4 is 20.4 Å². The van der Waals surface area contributed by atoms with E-state index in [1.807, 2.05) is 0 Å². The molecule has 1 atom stereocenters. The number of methoxy groups -OCH3 is 1. The smallest absolute Gasteiger partial charge is 0.305 e. The minimum Gasteiger partial charge on any atom is -0.497 e. The van der Waals surface area contributed by atoms with Gasteiger partial charge >= 0.3 is 5.91 Å². The van der Waals surface area contributed by atoms with E-state index >= 15 is 0 Å². The number of carbonyl (C=O) groups is 3. The number of halogens is 1. The van der Waals surface area contributed by atoms with E-state index in [0.29, 0.717) is 21.8 Å². The van der Waals surface area contributed by atoms with E-state index in [4.69, 9.17) is 21.4 Å². The molecule has 3 aromatic rings. The number of furan rings is 1. The van der Waals surface area contributed by atoms with Gasteiger partial charge in [-0.2, -0.15) is 0 Å². The lowest BCUT2D eigenvalue weighted by molar-refractivity contribution is -0.124. The Morgan fingerprint density at radius 2 is 1.79 bits per heavy atom. The highest BCUT2D eigenvalue weighted by Gasteiger charge is 2.45. The van der Waals surface area contributed by atoms with Crippen LogP contribution in [0.25, 0.3) is 0 Å². The summed E-state index contributed by atoms with van der Waals surface area (Å²) in [6, 6.07) is 17.5. The zero-order valence-electron chi connectivity index (χ0n) is 17.9. The highest BCUT2D eigenvalue weighted by molar-refractivity contribution is 9.10. The maximum absolute atomic E-state index is 13.3. The Morgan fingerprint density at radius 1 is 1.09 bits per heavy atom. The molecule has 1 unspecified atom stereocenters. The summed E-state index contributed by atoms with van der Waals surface area (Å²) >= 11 is 8.66. The zero-order valence-corrected chi connectivity index (χ0v) is 20.3. The molecule has 2 N–H and O–H groups in total. The largest absolute Gasteiger partial charge is 0.497 e. The maximum Gasteiger partial charge on any atom is 0.305 e. The SMILES string of the molecule is COc1ccc(NC(=O)CC2C(=O)N(c3ccccc3)C(=S)N2NC(=O)c2ccc(Br)o2)cc1. The number of anilines is 2. The molecule has 2 heterocycles. The molecular weight excluding hydrogens is 524 g/mol. The van der Waals surface area contributed by atoms with Crippen LogP contribution >= 0.6 is 28.1 Å². The molecule has 1 saturated heterocycles. The van der Waals surface area contributed by atoms with Gasteiger partial charge in [-0.3, -0.25) is 24.7 Å². The number of rotatable bonds is 7. The number of hydrogen-bond acceptors (Lipinski definition) is 6. The standard InChI is InChI=1S/C23H19BrN4O5S/c1-32-16-9-7-14(8-10-16)25-20(29)13-17-22(31)27(15-5-3-2-4-6-15)23(34)28(17)26-21(30)18-11-12-19(24)33-18/h2-12,17H,13H2,1H3,(H,25,29)(H,26,30). The predicted octanol–water partition coefficient (Wildman–Crippen LogP) is 3.73. The third-order valence-corrected chi connectivity index (χ3v) is 5.81. The fourth-order valence-electron chi connectivity index (χ4n) is 3.38. The second-order valence-electron chi connectivity index (χ2n) is 7.20. The predicted molar refractivity (Wildman–Crippen MR) is 132 cm³/mol. The summed E-state index contributed by atoms with van der Waals surface area (Å²) in [4.78, 5) is 40.2. The van der Waals surface area contributed by atoms with Gasteiger partial charge in [0.1, 0.15) is 11.8 Å². The molecule has 0 spiro atoms. The van der Waals surface area contributed by atoms with Crippen LogP contribution in [0.1, 0.15) is 17.0 Å². The molecule has 1 fully saturated rings. The van der Waals surface area contributed by atoms with Crippen LogP contribution in [0.2, 0.25) is 0 Å². The van der Waals surface area contributed by atoms with Crippen molar-refractivity contribution in [3.05, 3.63) is 77.2 Å². The first-order valence-electron chi connectivity index (χ1n) is 10.1. The number of nitrogens with zero attached hydrogens (tertiary/aromatic N) is 2. The number of benzene rings is 2. The molecule has 1 aliphatic heterocycles. The fourth-order valence-corrected chi connectivity index (χ4v) is 4.05. The molecule has 0 radical (unpaired) electrons. The Balaban J connectivity index is 1.56. The van der Waals surface area contributed by atoms with Gasteiger partial charge in [0.25, 0.3) is 5.91 Å². The Morgan fingerprint density at radius 3 is 2.41 bits per heavy atom. The molecule has 0 saturated carbocycles. The van der Waals surface area contributed by atoms with Crippen LogP contribution in [0.3, 0.4) is 0 Å². The van der Waals surface area contributed by atoms with Gasteiger partial charge in [0, 0.05) is 5.69 Å². The molecule has 1 aliphatic rings. The lowest BCUT2D eigenvalue weighted by atomic mass is 10.1. The van der Waals surface area contributed by atoms with E-state index in [1.54, 1.807) is 67.8 Å². The summed E-state index contributed by atoms with van der Waals surface area (Å²) in [5.41, 5.74) is 3.66. The van der Waals surface area contributed by atoms with E-state index in [0.717, 1.165) is 0 Å². The van der Waals surface area contributed by atoms with E-state index in [9.17, 15) is 14.4 Å².